The van der Waals surface area contributed by atoms with Crippen molar-refractivity contribution in [3.63, 3.8) is 0 Å². The zero-order valence-electron chi connectivity index (χ0n) is 11.1. The molecule has 102 valence electrons. The molecule has 0 fully saturated rings. The Morgan fingerprint density at radius 3 is 2.89 bits per heavy atom. The third-order valence-corrected chi connectivity index (χ3v) is 2.89. The molecule has 0 amide bonds. The van der Waals surface area contributed by atoms with E-state index in [0.29, 0.717) is 18.1 Å². The number of carbonyl (C=O) groups is 1. The van der Waals surface area contributed by atoms with E-state index in [-0.39, 0.29) is 5.56 Å². The monoisotopic (exact) mass is 264 g/mol. The fourth-order valence-corrected chi connectivity index (χ4v) is 1.96. The number of carboxylic acids is 1. The number of aromatic carboxylic acids is 1. The molecule has 19 heavy (non-hydrogen) atoms. The van der Waals surface area contributed by atoms with Crippen LogP contribution in [0.15, 0.2) is 6.33 Å². The number of anilines is 1. The molecular weight excluding hydrogens is 248 g/mol. The van der Waals surface area contributed by atoms with Crippen LogP contribution in [0.1, 0.15) is 28.8 Å². The van der Waals surface area contributed by atoms with Crippen LogP contribution < -0.4 is 5.32 Å². The Balaban J connectivity index is 2.22. The van der Waals surface area contributed by atoms with Gasteiger partial charge in [-0.05, 0) is 13.8 Å². The number of hydrogen-bond donors (Lipinski definition) is 2. The third-order valence-electron chi connectivity index (χ3n) is 2.89. The molecule has 8 heteroatoms. The maximum absolute atomic E-state index is 11.2. The van der Waals surface area contributed by atoms with E-state index in [1.54, 1.807) is 20.3 Å². The molecule has 0 saturated heterocycles. The van der Waals surface area contributed by atoms with Gasteiger partial charge >= 0.3 is 5.97 Å². The van der Waals surface area contributed by atoms with E-state index in [1.165, 1.54) is 4.68 Å². The van der Waals surface area contributed by atoms with E-state index in [2.05, 4.69) is 20.6 Å². The Morgan fingerprint density at radius 2 is 2.26 bits per heavy atom. The number of carboxylic acid groups (broad SMARTS) is 1. The van der Waals surface area contributed by atoms with Crippen LogP contribution in [0.25, 0.3) is 0 Å². The van der Waals surface area contributed by atoms with Crippen molar-refractivity contribution in [1.29, 1.82) is 0 Å². The first-order valence-corrected chi connectivity index (χ1v) is 5.92. The molecule has 2 aromatic heterocycles. The van der Waals surface area contributed by atoms with Crippen LogP contribution in [0.3, 0.4) is 0 Å². The van der Waals surface area contributed by atoms with Crippen LogP contribution in [0.5, 0.6) is 0 Å². The lowest BCUT2D eigenvalue weighted by molar-refractivity contribution is 0.0697. The first-order chi connectivity index (χ1) is 9.04. The van der Waals surface area contributed by atoms with Gasteiger partial charge in [0.25, 0.3) is 0 Å². The van der Waals surface area contributed by atoms with Crippen LogP contribution >= 0.6 is 0 Å². The Labute approximate surface area is 110 Å². The van der Waals surface area contributed by atoms with Gasteiger partial charge in [0.05, 0.1) is 12.2 Å². The van der Waals surface area contributed by atoms with Gasteiger partial charge in [-0.25, -0.2) is 4.79 Å². The predicted octanol–water partition coefficient (Wildman–Crippen LogP) is 0.650. The fourth-order valence-electron chi connectivity index (χ4n) is 1.96. The van der Waals surface area contributed by atoms with Gasteiger partial charge in [0.2, 0.25) is 0 Å². The van der Waals surface area contributed by atoms with Gasteiger partial charge in [0, 0.05) is 13.6 Å². The minimum atomic E-state index is -0.995. The molecule has 0 saturated carbocycles. The summed E-state index contributed by atoms with van der Waals surface area (Å²) in [6, 6.07) is 0. The van der Waals surface area contributed by atoms with E-state index in [0.717, 1.165) is 12.4 Å². The van der Waals surface area contributed by atoms with E-state index < -0.39 is 5.97 Å². The van der Waals surface area contributed by atoms with Crippen molar-refractivity contribution in [2.45, 2.75) is 26.9 Å². The normalized spacial score (nSPS) is 10.7. The molecule has 0 atom stereocenters. The highest BCUT2D eigenvalue weighted by molar-refractivity contribution is 5.94. The number of aromatic nitrogens is 5. The highest BCUT2D eigenvalue weighted by Crippen LogP contribution is 2.19. The Bertz CT molecular complexity index is 600. The molecule has 0 bridgehead atoms. The second-order valence-electron chi connectivity index (χ2n) is 4.12. The molecule has 0 aliphatic rings. The first kappa shape index (κ1) is 13.1. The summed E-state index contributed by atoms with van der Waals surface area (Å²) in [5.41, 5.74) is 0.666. The van der Waals surface area contributed by atoms with Gasteiger partial charge in [-0.15, -0.1) is 10.2 Å². The quantitative estimate of drug-likeness (QED) is 0.822. The van der Waals surface area contributed by atoms with Crippen LogP contribution in [0.4, 0.5) is 5.82 Å². The van der Waals surface area contributed by atoms with Gasteiger partial charge in [-0.3, -0.25) is 4.68 Å². The fraction of sp³-hybridized carbons (Fsp3) is 0.455. The van der Waals surface area contributed by atoms with Gasteiger partial charge in [-0.1, -0.05) is 0 Å². The lowest BCUT2D eigenvalue weighted by Gasteiger charge is -2.08. The van der Waals surface area contributed by atoms with Crippen LogP contribution in [-0.4, -0.2) is 35.6 Å². The molecule has 8 nitrogen and oxygen atoms in total. The van der Waals surface area contributed by atoms with Crippen LogP contribution in [0.2, 0.25) is 0 Å². The molecule has 0 unspecified atom stereocenters. The van der Waals surface area contributed by atoms with Crippen LogP contribution in [-0.2, 0) is 20.1 Å². The molecule has 2 N–H and O–H groups in total. The van der Waals surface area contributed by atoms with Crippen LogP contribution in [0, 0.1) is 6.92 Å². The van der Waals surface area contributed by atoms with E-state index in [1.807, 2.05) is 11.5 Å². The zero-order chi connectivity index (χ0) is 14.0. The van der Waals surface area contributed by atoms with E-state index in [9.17, 15) is 9.90 Å². The molecule has 2 heterocycles. The van der Waals surface area contributed by atoms with Crippen molar-refractivity contribution >= 4 is 11.8 Å². The van der Waals surface area contributed by atoms with Crippen molar-refractivity contribution in [2.24, 2.45) is 7.05 Å². The number of aryl methyl sites for hydroxylation is 3. The highest BCUT2D eigenvalue weighted by Gasteiger charge is 2.19. The summed E-state index contributed by atoms with van der Waals surface area (Å²) in [6.07, 6.45) is 1.64. The Kier molecular flexibility index (Phi) is 3.50. The lowest BCUT2D eigenvalue weighted by Crippen LogP contribution is -2.12. The summed E-state index contributed by atoms with van der Waals surface area (Å²) in [5, 5.41) is 24.2. The summed E-state index contributed by atoms with van der Waals surface area (Å²) in [5.74, 6) is 0.221. The molecular formula is C11H16N6O2. The van der Waals surface area contributed by atoms with Gasteiger partial charge in [0.1, 0.15) is 17.7 Å². The minimum absolute atomic E-state index is 0.185. The van der Waals surface area contributed by atoms with E-state index >= 15 is 0 Å². The highest BCUT2D eigenvalue weighted by atomic mass is 16.4. The summed E-state index contributed by atoms with van der Waals surface area (Å²) >= 11 is 0. The third kappa shape index (κ3) is 2.42. The number of nitrogens with zero attached hydrogens (tertiary/aromatic N) is 5. The Hall–Kier alpha value is -2.38. The minimum Gasteiger partial charge on any atom is -0.477 e. The van der Waals surface area contributed by atoms with Crippen molar-refractivity contribution in [3.05, 3.63) is 23.4 Å². The van der Waals surface area contributed by atoms with Gasteiger partial charge < -0.3 is 15.0 Å². The molecule has 0 spiro atoms. The number of nitrogens with one attached hydrogen (secondary N) is 1. The second-order valence-corrected chi connectivity index (χ2v) is 4.12. The van der Waals surface area contributed by atoms with Crippen molar-refractivity contribution in [3.8, 4) is 0 Å². The van der Waals surface area contributed by atoms with Crippen molar-refractivity contribution in [1.82, 2.24) is 24.5 Å². The standard InChI is InChI=1S/C11H16N6O2/c1-4-17-6-13-14-8(17)5-12-10-9(11(18)19)7(2)15-16(10)3/h6,12H,4-5H2,1-3H3,(H,18,19). The molecule has 0 aliphatic heterocycles. The molecule has 0 radical (unpaired) electrons. The summed E-state index contributed by atoms with van der Waals surface area (Å²) in [4.78, 5) is 11.2. The smallest absolute Gasteiger partial charge is 0.341 e. The zero-order valence-corrected chi connectivity index (χ0v) is 11.1. The maximum Gasteiger partial charge on any atom is 0.341 e. The number of rotatable bonds is 5. The average Bonchev–Trinajstić information content (AvgIpc) is 2.90. The molecule has 0 aliphatic carbocycles. The second kappa shape index (κ2) is 5.09. The Morgan fingerprint density at radius 1 is 1.53 bits per heavy atom. The topological polar surface area (TPSA) is 97.9 Å². The van der Waals surface area contributed by atoms with E-state index in [4.69, 9.17) is 0 Å². The van der Waals surface area contributed by atoms with Crippen molar-refractivity contribution in [2.75, 3.05) is 5.32 Å². The largest absolute Gasteiger partial charge is 0.477 e. The summed E-state index contributed by atoms with van der Waals surface area (Å²) < 4.78 is 3.40. The molecule has 2 aromatic rings. The van der Waals surface area contributed by atoms with Crippen molar-refractivity contribution < 1.29 is 9.90 Å². The average molecular weight is 264 g/mol. The predicted molar refractivity (Wildman–Crippen MR) is 67.9 cm³/mol. The lowest BCUT2D eigenvalue weighted by atomic mass is 10.2. The SMILES string of the molecule is CCn1cnnc1CNc1c(C(=O)O)c(C)nn1C. The number of hydrogen-bond acceptors (Lipinski definition) is 5. The molecule has 2 rings (SSSR count). The summed E-state index contributed by atoms with van der Waals surface area (Å²) in [7, 11) is 1.70. The van der Waals surface area contributed by atoms with Gasteiger partial charge in [-0.2, -0.15) is 5.10 Å². The molecule has 0 aromatic carbocycles. The first-order valence-electron chi connectivity index (χ1n) is 5.92. The summed E-state index contributed by atoms with van der Waals surface area (Å²) in [6.45, 7) is 4.82. The maximum atomic E-state index is 11.2. The van der Waals surface area contributed by atoms with Gasteiger partial charge in [0.15, 0.2) is 5.82 Å².